The van der Waals surface area contributed by atoms with Crippen LogP contribution in [0.2, 0.25) is 10.0 Å². The van der Waals surface area contributed by atoms with E-state index in [1.807, 2.05) is 0 Å². The first-order valence-electron chi connectivity index (χ1n) is 6.03. The molecule has 21 heavy (non-hydrogen) atoms. The van der Waals surface area contributed by atoms with Gasteiger partial charge in [-0.3, -0.25) is 15.6 Å². The number of halogens is 2. The molecule has 4 nitrogen and oxygen atoms in total. The Hall–Kier alpha value is -2.17. The molecule has 2 rings (SSSR count). The van der Waals surface area contributed by atoms with E-state index in [1.165, 1.54) is 0 Å². The highest BCUT2D eigenvalue weighted by atomic mass is 35.5. The Morgan fingerprint density at radius 3 is 2.38 bits per heavy atom. The number of hydrazine groups is 1. The molecule has 0 bridgehead atoms. The number of rotatable bonds is 4. The van der Waals surface area contributed by atoms with Crippen molar-refractivity contribution in [2.45, 2.75) is 0 Å². The Bertz CT molecular complexity index is 684. The van der Waals surface area contributed by atoms with Crippen LogP contribution < -0.4 is 16.6 Å². The highest BCUT2D eigenvalue weighted by Gasteiger charge is 2.08. The minimum atomic E-state index is -0.311. The molecule has 0 heterocycles. The number of nitrogen functional groups attached to an aromatic ring is 1. The molecule has 0 unspecified atom stereocenters. The zero-order valence-electron chi connectivity index (χ0n) is 11.0. The Balaban J connectivity index is 2.02. The van der Waals surface area contributed by atoms with E-state index in [0.717, 1.165) is 0 Å². The largest absolute Gasteiger partial charge is 0.399 e. The lowest BCUT2D eigenvalue weighted by molar-refractivity contribution is 0.0942. The van der Waals surface area contributed by atoms with E-state index >= 15 is 0 Å². The molecule has 0 aromatic heterocycles. The summed E-state index contributed by atoms with van der Waals surface area (Å²) in [5, 5.41) is 1.01. The van der Waals surface area contributed by atoms with Gasteiger partial charge in [0.05, 0.1) is 10.7 Å². The van der Waals surface area contributed by atoms with Crippen LogP contribution in [0.25, 0.3) is 5.70 Å². The summed E-state index contributed by atoms with van der Waals surface area (Å²) >= 11 is 12.0. The highest BCUT2D eigenvalue weighted by Crippen LogP contribution is 2.24. The molecule has 2 aromatic rings. The third kappa shape index (κ3) is 3.90. The molecule has 0 aliphatic rings. The van der Waals surface area contributed by atoms with Crippen LogP contribution in [0.4, 0.5) is 5.69 Å². The number of hydrogen-bond acceptors (Lipinski definition) is 3. The Morgan fingerprint density at radius 1 is 1.05 bits per heavy atom. The van der Waals surface area contributed by atoms with Crippen molar-refractivity contribution in [1.82, 2.24) is 10.9 Å². The lowest BCUT2D eigenvalue weighted by Gasteiger charge is -2.13. The predicted octanol–water partition coefficient (Wildman–Crippen LogP) is 3.48. The van der Waals surface area contributed by atoms with Gasteiger partial charge in [0, 0.05) is 21.8 Å². The normalized spacial score (nSPS) is 10.0. The van der Waals surface area contributed by atoms with E-state index in [9.17, 15) is 4.79 Å². The second-order valence-corrected chi connectivity index (χ2v) is 5.15. The summed E-state index contributed by atoms with van der Waals surface area (Å²) in [4.78, 5) is 11.9. The van der Waals surface area contributed by atoms with E-state index in [0.29, 0.717) is 32.6 Å². The molecule has 0 fully saturated rings. The maximum absolute atomic E-state index is 11.9. The van der Waals surface area contributed by atoms with Crippen LogP contribution >= 0.6 is 23.2 Å². The molecule has 0 atom stereocenters. The molecule has 0 spiro atoms. The second kappa shape index (κ2) is 6.52. The van der Waals surface area contributed by atoms with E-state index < -0.39 is 0 Å². The van der Waals surface area contributed by atoms with Crippen LogP contribution in [0.15, 0.2) is 49.0 Å². The van der Waals surface area contributed by atoms with Crippen molar-refractivity contribution in [2.24, 2.45) is 0 Å². The van der Waals surface area contributed by atoms with Crippen LogP contribution in [0.3, 0.4) is 0 Å². The first-order chi connectivity index (χ1) is 9.97. The fourth-order valence-corrected chi connectivity index (χ4v) is 2.04. The van der Waals surface area contributed by atoms with Gasteiger partial charge in [0.25, 0.3) is 5.91 Å². The third-order valence-electron chi connectivity index (χ3n) is 2.75. The number of benzene rings is 2. The lowest BCUT2D eigenvalue weighted by Crippen LogP contribution is -2.35. The summed E-state index contributed by atoms with van der Waals surface area (Å²) in [6, 6.07) is 11.5. The molecular formula is C15H13Cl2N3O. The van der Waals surface area contributed by atoms with Crippen molar-refractivity contribution in [2.75, 3.05) is 5.73 Å². The van der Waals surface area contributed by atoms with Crippen molar-refractivity contribution in [3.8, 4) is 0 Å². The zero-order valence-corrected chi connectivity index (χ0v) is 12.5. The number of amides is 1. The fraction of sp³-hybridized carbons (Fsp3) is 0. The average Bonchev–Trinajstić information content (AvgIpc) is 2.47. The standard InChI is InChI=1S/C15H13Cl2N3O/c1-9(13-8-11(16)4-7-14(13)17)19-20-15(21)10-2-5-12(18)6-3-10/h2-8,19H,1,18H2,(H,20,21). The van der Waals surface area contributed by atoms with Gasteiger partial charge >= 0.3 is 0 Å². The molecule has 6 heteroatoms. The van der Waals surface area contributed by atoms with Crippen molar-refractivity contribution in [3.05, 3.63) is 70.2 Å². The van der Waals surface area contributed by atoms with Crippen LogP contribution in [-0.4, -0.2) is 5.91 Å². The molecule has 108 valence electrons. The van der Waals surface area contributed by atoms with Gasteiger partial charge in [-0.05, 0) is 42.5 Å². The van der Waals surface area contributed by atoms with Gasteiger partial charge in [0.1, 0.15) is 0 Å². The average molecular weight is 322 g/mol. The van der Waals surface area contributed by atoms with Crippen molar-refractivity contribution < 1.29 is 4.79 Å². The molecular weight excluding hydrogens is 309 g/mol. The SMILES string of the molecule is C=C(NNC(=O)c1ccc(N)cc1)c1cc(Cl)ccc1Cl. The lowest BCUT2D eigenvalue weighted by atomic mass is 10.2. The fourth-order valence-electron chi connectivity index (χ4n) is 1.63. The number of hydrogen-bond donors (Lipinski definition) is 3. The molecule has 0 aliphatic carbocycles. The van der Waals surface area contributed by atoms with Gasteiger partial charge in [-0.1, -0.05) is 29.8 Å². The van der Waals surface area contributed by atoms with Crippen LogP contribution in [-0.2, 0) is 0 Å². The molecule has 4 N–H and O–H groups in total. The maximum atomic E-state index is 11.9. The molecule has 0 radical (unpaired) electrons. The van der Waals surface area contributed by atoms with Gasteiger partial charge < -0.3 is 5.73 Å². The summed E-state index contributed by atoms with van der Waals surface area (Å²) in [6.07, 6.45) is 0. The predicted molar refractivity (Wildman–Crippen MR) is 87.0 cm³/mol. The second-order valence-electron chi connectivity index (χ2n) is 4.30. The minimum Gasteiger partial charge on any atom is -0.399 e. The summed E-state index contributed by atoms with van der Waals surface area (Å²) < 4.78 is 0. The number of nitrogens with one attached hydrogen (secondary N) is 2. The Labute approximate surface area is 132 Å². The van der Waals surface area contributed by atoms with Gasteiger partial charge in [-0.2, -0.15) is 0 Å². The summed E-state index contributed by atoms with van der Waals surface area (Å²) in [5.41, 5.74) is 12.9. The van der Waals surface area contributed by atoms with E-state index in [1.54, 1.807) is 42.5 Å². The van der Waals surface area contributed by atoms with Crippen LogP contribution in [0, 0.1) is 0 Å². The van der Waals surface area contributed by atoms with E-state index in [4.69, 9.17) is 28.9 Å². The van der Waals surface area contributed by atoms with Gasteiger partial charge in [-0.15, -0.1) is 0 Å². The highest BCUT2D eigenvalue weighted by molar-refractivity contribution is 6.34. The van der Waals surface area contributed by atoms with E-state index in [2.05, 4.69) is 17.4 Å². The Morgan fingerprint density at radius 2 is 1.71 bits per heavy atom. The van der Waals surface area contributed by atoms with Gasteiger partial charge in [-0.25, -0.2) is 0 Å². The number of carbonyl (C=O) groups excluding carboxylic acids is 1. The summed E-state index contributed by atoms with van der Waals surface area (Å²) in [5.74, 6) is -0.311. The Kier molecular flexibility index (Phi) is 4.73. The third-order valence-corrected chi connectivity index (χ3v) is 3.32. The number of anilines is 1. The topological polar surface area (TPSA) is 67.1 Å². The van der Waals surface area contributed by atoms with Gasteiger partial charge in [0.15, 0.2) is 0 Å². The monoisotopic (exact) mass is 321 g/mol. The first-order valence-corrected chi connectivity index (χ1v) is 6.79. The van der Waals surface area contributed by atoms with E-state index in [-0.39, 0.29) is 5.91 Å². The number of nitrogens with two attached hydrogens (primary N) is 1. The van der Waals surface area contributed by atoms with Crippen molar-refractivity contribution in [1.29, 1.82) is 0 Å². The van der Waals surface area contributed by atoms with Crippen molar-refractivity contribution >= 4 is 40.5 Å². The quantitative estimate of drug-likeness (QED) is 0.596. The molecule has 2 aromatic carbocycles. The zero-order chi connectivity index (χ0) is 15.4. The number of carbonyl (C=O) groups is 1. The molecule has 0 saturated carbocycles. The summed E-state index contributed by atoms with van der Waals surface area (Å²) in [7, 11) is 0. The minimum absolute atomic E-state index is 0.311. The van der Waals surface area contributed by atoms with Crippen LogP contribution in [0.1, 0.15) is 15.9 Å². The molecule has 1 amide bonds. The van der Waals surface area contributed by atoms with Crippen molar-refractivity contribution in [3.63, 3.8) is 0 Å². The van der Waals surface area contributed by atoms with Gasteiger partial charge in [0.2, 0.25) is 0 Å². The molecule has 0 saturated heterocycles. The molecule has 0 aliphatic heterocycles. The smallest absolute Gasteiger partial charge is 0.269 e. The summed E-state index contributed by atoms with van der Waals surface area (Å²) in [6.45, 7) is 3.82. The van der Waals surface area contributed by atoms with Crippen LogP contribution in [0.5, 0.6) is 0 Å². The first kappa shape index (κ1) is 15.2. The maximum Gasteiger partial charge on any atom is 0.269 e.